The minimum absolute atomic E-state index is 0.421. The summed E-state index contributed by atoms with van der Waals surface area (Å²) in [7, 11) is 0. The van der Waals surface area contributed by atoms with Gasteiger partial charge in [0.25, 0.3) is 0 Å². The Kier molecular flexibility index (Phi) is 5.51. The van der Waals surface area contributed by atoms with Crippen LogP contribution >= 0.6 is 0 Å². The molecule has 0 rings (SSSR count). The summed E-state index contributed by atoms with van der Waals surface area (Å²) in [4.78, 5) is 0. The van der Waals surface area contributed by atoms with Gasteiger partial charge in [-0.05, 0) is 38.6 Å². The van der Waals surface area contributed by atoms with Crippen LogP contribution in [0, 0.1) is 0 Å². The van der Waals surface area contributed by atoms with Gasteiger partial charge in [0.15, 0.2) is 0 Å². The maximum Gasteiger partial charge on any atom is 0.0642 e. The van der Waals surface area contributed by atoms with Crippen LogP contribution in [0.4, 0.5) is 0 Å². The highest BCUT2D eigenvalue weighted by Crippen LogP contribution is 2.21. The normalized spacial score (nSPS) is 12.0. The molecule has 0 amide bonds. The second-order valence-corrected chi connectivity index (χ2v) is 3.18. The van der Waals surface area contributed by atoms with Gasteiger partial charge < -0.3 is 10.8 Å². The predicted octanol–water partition coefficient (Wildman–Crippen LogP) is 1.67. The predicted molar refractivity (Wildman–Crippen MR) is 48.4 cm³/mol. The van der Waals surface area contributed by atoms with Crippen molar-refractivity contribution in [3.8, 4) is 0 Å². The molecule has 0 radical (unpaired) electrons. The molecule has 0 aliphatic heterocycles. The molecule has 0 saturated carbocycles. The average molecular weight is 159 g/mol. The van der Waals surface area contributed by atoms with E-state index in [0.29, 0.717) is 0 Å². The van der Waals surface area contributed by atoms with Gasteiger partial charge in [0.2, 0.25) is 0 Å². The lowest BCUT2D eigenvalue weighted by molar-refractivity contribution is 0.0214. The Bertz CT molecular complexity index is 89.6. The summed E-state index contributed by atoms with van der Waals surface area (Å²) in [5.74, 6) is 0. The van der Waals surface area contributed by atoms with Crippen LogP contribution in [0.15, 0.2) is 0 Å². The van der Waals surface area contributed by atoms with Crippen LogP contribution in [0.1, 0.15) is 46.0 Å². The van der Waals surface area contributed by atoms with E-state index in [2.05, 4.69) is 0 Å². The number of nitrogens with two attached hydrogens (primary N) is 1. The van der Waals surface area contributed by atoms with Gasteiger partial charge in [-0.3, -0.25) is 0 Å². The minimum atomic E-state index is -0.421. The topological polar surface area (TPSA) is 46.2 Å². The molecule has 3 N–H and O–H groups in total. The lowest BCUT2D eigenvalue weighted by atomic mass is 9.91. The van der Waals surface area contributed by atoms with Gasteiger partial charge >= 0.3 is 0 Å². The maximum absolute atomic E-state index is 9.81. The van der Waals surface area contributed by atoms with E-state index in [1.165, 1.54) is 0 Å². The summed E-state index contributed by atoms with van der Waals surface area (Å²) in [6.07, 6.45) is 4.69. The molecule has 0 unspecified atom stereocenters. The molecule has 11 heavy (non-hydrogen) atoms. The van der Waals surface area contributed by atoms with Gasteiger partial charge in [0, 0.05) is 0 Å². The van der Waals surface area contributed by atoms with E-state index < -0.39 is 5.60 Å². The zero-order chi connectivity index (χ0) is 8.74. The fourth-order valence-electron chi connectivity index (χ4n) is 1.20. The molecule has 0 heterocycles. The molecule has 0 atom stereocenters. The monoisotopic (exact) mass is 159 g/mol. The van der Waals surface area contributed by atoms with E-state index >= 15 is 0 Å². The van der Waals surface area contributed by atoms with Crippen molar-refractivity contribution in [1.82, 2.24) is 0 Å². The first-order valence-electron chi connectivity index (χ1n) is 4.61. The molecule has 68 valence electrons. The van der Waals surface area contributed by atoms with Crippen LogP contribution < -0.4 is 5.73 Å². The summed E-state index contributed by atoms with van der Waals surface area (Å²) in [5, 5.41) is 9.81. The number of rotatable bonds is 6. The van der Waals surface area contributed by atoms with Crippen LogP contribution in [0.3, 0.4) is 0 Å². The number of hydrogen-bond donors (Lipinski definition) is 2. The summed E-state index contributed by atoms with van der Waals surface area (Å²) >= 11 is 0. The van der Waals surface area contributed by atoms with Gasteiger partial charge in [-0.2, -0.15) is 0 Å². The molecule has 0 aliphatic rings. The third kappa shape index (κ3) is 4.38. The van der Waals surface area contributed by atoms with Gasteiger partial charge in [0.1, 0.15) is 0 Å². The van der Waals surface area contributed by atoms with Crippen molar-refractivity contribution in [3.05, 3.63) is 0 Å². The number of unbranched alkanes of at least 4 members (excludes halogenated alkanes) is 1. The molecule has 0 bridgehead atoms. The van der Waals surface area contributed by atoms with E-state index in [-0.39, 0.29) is 0 Å². The van der Waals surface area contributed by atoms with Crippen molar-refractivity contribution >= 4 is 0 Å². The zero-order valence-corrected chi connectivity index (χ0v) is 7.77. The molecule has 0 aromatic rings. The van der Waals surface area contributed by atoms with Crippen LogP contribution in [-0.4, -0.2) is 17.3 Å². The Morgan fingerprint density at radius 1 is 1.18 bits per heavy atom. The van der Waals surface area contributed by atoms with Crippen molar-refractivity contribution in [2.24, 2.45) is 5.73 Å². The standard InChI is InChI=1S/C9H21NO/c1-3-9(11,4-2)7-5-6-8-10/h11H,3-8,10H2,1-2H3. The number of hydrogen-bond acceptors (Lipinski definition) is 2. The van der Waals surface area contributed by atoms with Crippen LogP contribution in [-0.2, 0) is 0 Å². The fourth-order valence-corrected chi connectivity index (χ4v) is 1.20. The van der Waals surface area contributed by atoms with Crippen molar-refractivity contribution < 1.29 is 5.11 Å². The zero-order valence-electron chi connectivity index (χ0n) is 7.77. The Morgan fingerprint density at radius 2 is 1.73 bits per heavy atom. The second kappa shape index (κ2) is 5.56. The van der Waals surface area contributed by atoms with E-state index in [1.807, 2.05) is 13.8 Å². The van der Waals surface area contributed by atoms with Crippen molar-refractivity contribution in [1.29, 1.82) is 0 Å². The molecule has 0 aromatic carbocycles. The highest BCUT2D eigenvalue weighted by atomic mass is 16.3. The molecule has 2 heteroatoms. The molecule has 0 fully saturated rings. The van der Waals surface area contributed by atoms with Gasteiger partial charge in [-0.25, -0.2) is 0 Å². The van der Waals surface area contributed by atoms with Crippen LogP contribution in [0.2, 0.25) is 0 Å². The van der Waals surface area contributed by atoms with E-state index in [4.69, 9.17) is 5.73 Å². The van der Waals surface area contributed by atoms with Gasteiger partial charge in [-0.1, -0.05) is 13.8 Å². The molecular formula is C9H21NO. The van der Waals surface area contributed by atoms with Crippen molar-refractivity contribution in [2.45, 2.75) is 51.6 Å². The summed E-state index contributed by atoms with van der Waals surface area (Å²) in [5.41, 5.74) is 4.94. The second-order valence-electron chi connectivity index (χ2n) is 3.18. The minimum Gasteiger partial charge on any atom is -0.390 e. The van der Waals surface area contributed by atoms with Crippen molar-refractivity contribution in [3.63, 3.8) is 0 Å². The molecule has 0 spiro atoms. The first kappa shape index (κ1) is 10.9. The SMILES string of the molecule is CCC(O)(CC)CCCCN. The quantitative estimate of drug-likeness (QED) is 0.579. The maximum atomic E-state index is 9.81. The third-order valence-electron chi connectivity index (χ3n) is 2.41. The molecule has 0 saturated heterocycles. The largest absolute Gasteiger partial charge is 0.390 e. The lowest BCUT2D eigenvalue weighted by Gasteiger charge is -2.24. The Morgan fingerprint density at radius 3 is 2.09 bits per heavy atom. The highest BCUT2D eigenvalue weighted by molar-refractivity contribution is 4.74. The molecule has 2 nitrogen and oxygen atoms in total. The van der Waals surface area contributed by atoms with E-state index in [9.17, 15) is 5.11 Å². The Labute approximate surface area is 69.8 Å². The Balaban J connectivity index is 3.51. The highest BCUT2D eigenvalue weighted by Gasteiger charge is 2.20. The lowest BCUT2D eigenvalue weighted by Crippen LogP contribution is -2.26. The summed E-state index contributed by atoms with van der Waals surface area (Å²) < 4.78 is 0. The molecule has 0 aliphatic carbocycles. The third-order valence-corrected chi connectivity index (χ3v) is 2.41. The average Bonchev–Trinajstić information content (AvgIpc) is 2.05. The summed E-state index contributed by atoms with van der Waals surface area (Å²) in [6.45, 7) is 4.81. The molecule has 0 aromatic heterocycles. The van der Waals surface area contributed by atoms with Gasteiger partial charge in [-0.15, -0.1) is 0 Å². The van der Waals surface area contributed by atoms with Crippen molar-refractivity contribution in [2.75, 3.05) is 6.54 Å². The number of aliphatic hydroxyl groups is 1. The summed E-state index contributed by atoms with van der Waals surface area (Å²) in [6, 6.07) is 0. The smallest absolute Gasteiger partial charge is 0.0642 e. The van der Waals surface area contributed by atoms with E-state index in [0.717, 1.165) is 38.6 Å². The molecular weight excluding hydrogens is 138 g/mol. The Hall–Kier alpha value is -0.0800. The van der Waals surface area contributed by atoms with Gasteiger partial charge in [0.05, 0.1) is 5.60 Å². The van der Waals surface area contributed by atoms with Crippen LogP contribution in [0.5, 0.6) is 0 Å². The first-order chi connectivity index (χ1) is 5.18. The van der Waals surface area contributed by atoms with Crippen LogP contribution in [0.25, 0.3) is 0 Å². The first-order valence-corrected chi connectivity index (χ1v) is 4.61. The fraction of sp³-hybridized carbons (Fsp3) is 1.00. The van der Waals surface area contributed by atoms with E-state index in [1.54, 1.807) is 0 Å².